The molecule has 1 aliphatic carbocycles. The molecule has 2 heterocycles. The molecule has 10 nitrogen and oxygen atoms in total. The van der Waals surface area contributed by atoms with Gasteiger partial charge in [-0.2, -0.15) is 0 Å². The highest BCUT2D eigenvalue weighted by atomic mass is 35.5. The molecule has 1 spiro atoms. The van der Waals surface area contributed by atoms with E-state index in [1.807, 2.05) is 20.8 Å². The van der Waals surface area contributed by atoms with Gasteiger partial charge in [0.05, 0.1) is 12.5 Å². The zero-order chi connectivity index (χ0) is 27.0. The maximum atomic E-state index is 13.7. The van der Waals surface area contributed by atoms with Crippen LogP contribution in [0, 0.1) is 22.7 Å². The molecule has 2 unspecified atom stereocenters. The summed E-state index contributed by atoms with van der Waals surface area (Å²) in [5, 5.41) is 6.22. The lowest BCUT2D eigenvalue weighted by Gasteiger charge is -2.36. The van der Waals surface area contributed by atoms with Gasteiger partial charge in [0.25, 0.3) is 17.4 Å². The second-order valence-electron chi connectivity index (χ2n) is 11.7. The first-order valence-electron chi connectivity index (χ1n) is 12.4. The van der Waals surface area contributed by atoms with Gasteiger partial charge in [-0.15, -0.1) is 0 Å². The highest BCUT2D eigenvalue weighted by Crippen LogP contribution is 2.55. The minimum Gasteiger partial charge on any atom is -0.356 e. The van der Waals surface area contributed by atoms with Crippen molar-refractivity contribution in [1.82, 2.24) is 26.0 Å². The highest BCUT2D eigenvalue weighted by molar-refractivity contribution is 6.29. The molecule has 3 N–H and O–H groups in total. The van der Waals surface area contributed by atoms with E-state index in [2.05, 4.69) is 16.1 Å². The third-order valence-electron chi connectivity index (χ3n) is 7.24. The maximum absolute atomic E-state index is 13.7. The van der Waals surface area contributed by atoms with Gasteiger partial charge in [-0.05, 0) is 36.5 Å². The predicted octanol–water partition coefficient (Wildman–Crippen LogP) is 1.08. The molecule has 3 fully saturated rings. The van der Waals surface area contributed by atoms with Crippen molar-refractivity contribution in [3.05, 3.63) is 0 Å². The summed E-state index contributed by atoms with van der Waals surface area (Å²) in [6.07, 6.45) is 2.54. The van der Waals surface area contributed by atoms with E-state index >= 15 is 0 Å². The molecular formula is C24H37ClFN5O5. The number of amides is 5. The SMILES string of the molecule is CC(C)C(=O)NC(C(=O)N1CC2(CC2)C[C@H]1C(=O)NN(C[C@@H]1CCNC1=O)C(=O)C(F)Cl)C(C)(C)C. The van der Waals surface area contributed by atoms with Crippen LogP contribution in [0.3, 0.4) is 0 Å². The molecule has 0 aromatic carbocycles. The first kappa shape index (κ1) is 28.1. The predicted molar refractivity (Wildman–Crippen MR) is 130 cm³/mol. The Morgan fingerprint density at radius 1 is 1.25 bits per heavy atom. The van der Waals surface area contributed by atoms with E-state index in [4.69, 9.17) is 11.6 Å². The minimum absolute atomic E-state index is 0.183. The summed E-state index contributed by atoms with van der Waals surface area (Å²) in [5.41, 5.74) is -0.775. The van der Waals surface area contributed by atoms with E-state index < -0.39 is 40.9 Å². The van der Waals surface area contributed by atoms with Crippen LogP contribution in [0.15, 0.2) is 0 Å². The van der Waals surface area contributed by atoms with Gasteiger partial charge in [0.15, 0.2) is 0 Å². The summed E-state index contributed by atoms with van der Waals surface area (Å²) in [5.74, 6) is -3.72. The van der Waals surface area contributed by atoms with Crippen LogP contribution in [0.4, 0.5) is 4.39 Å². The van der Waals surface area contributed by atoms with Crippen LogP contribution >= 0.6 is 11.6 Å². The zero-order valence-electron chi connectivity index (χ0n) is 21.5. The van der Waals surface area contributed by atoms with Gasteiger partial charge in [-0.25, -0.2) is 9.40 Å². The number of nitrogens with one attached hydrogen (secondary N) is 3. The average molecular weight is 530 g/mol. The van der Waals surface area contributed by atoms with Gasteiger partial charge in [0.2, 0.25) is 17.7 Å². The van der Waals surface area contributed by atoms with Gasteiger partial charge < -0.3 is 15.5 Å². The standard InChI is InChI=1S/C24H37ClFN5O5/c1-13(2)18(32)28-16(23(3,4)5)21(35)30-12-24(7-8-24)10-15(30)20(34)29-31(22(36)17(25)26)11-14-6-9-27-19(14)33/h13-17H,6-12H2,1-5H3,(H,27,33)(H,28,32)(H,29,34)/t14-,15-,16?,17?/m0/s1. The highest BCUT2D eigenvalue weighted by Gasteiger charge is 2.56. The molecule has 36 heavy (non-hydrogen) atoms. The Bertz CT molecular complexity index is 917. The van der Waals surface area contributed by atoms with Crippen molar-refractivity contribution in [3.8, 4) is 0 Å². The number of halogens is 2. The molecule has 0 radical (unpaired) electrons. The molecule has 0 aromatic rings. The molecule has 2 saturated heterocycles. The lowest BCUT2D eigenvalue weighted by molar-refractivity contribution is -0.150. The van der Waals surface area contributed by atoms with Crippen molar-refractivity contribution in [1.29, 1.82) is 0 Å². The summed E-state index contributed by atoms with van der Waals surface area (Å²) in [7, 11) is 0. The van der Waals surface area contributed by atoms with Gasteiger partial charge in [-0.1, -0.05) is 46.2 Å². The fraction of sp³-hybridized carbons (Fsp3) is 0.792. The number of nitrogens with zero attached hydrogens (tertiary/aromatic N) is 2. The fourth-order valence-corrected chi connectivity index (χ4v) is 4.86. The largest absolute Gasteiger partial charge is 0.356 e. The van der Waals surface area contributed by atoms with Gasteiger partial charge in [-0.3, -0.25) is 29.4 Å². The van der Waals surface area contributed by atoms with Gasteiger partial charge in [0, 0.05) is 19.0 Å². The number of hydrogen-bond donors (Lipinski definition) is 3. The molecule has 0 aromatic heterocycles. The molecule has 12 heteroatoms. The van der Waals surface area contributed by atoms with Gasteiger partial charge in [0.1, 0.15) is 12.1 Å². The minimum atomic E-state index is -2.40. The molecule has 3 rings (SSSR count). The van der Waals surface area contributed by atoms with Crippen molar-refractivity contribution >= 4 is 41.1 Å². The molecule has 2 aliphatic heterocycles. The molecule has 1 saturated carbocycles. The van der Waals surface area contributed by atoms with Crippen LogP contribution in [-0.2, 0) is 24.0 Å². The van der Waals surface area contributed by atoms with Crippen molar-refractivity contribution in [3.63, 3.8) is 0 Å². The zero-order valence-corrected chi connectivity index (χ0v) is 22.3. The number of alkyl halides is 2. The topological polar surface area (TPSA) is 128 Å². The monoisotopic (exact) mass is 529 g/mol. The van der Waals surface area contributed by atoms with Crippen LogP contribution in [-0.4, -0.2) is 76.8 Å². The Morgan fingerprint density at radius 3 is 2.36 bits per heavy atom. The van der Waals surface area contributed by atoms with Crippen molar-refractivity contribution < 1.29 is 28.4 Å². The molecule has 202 valence electrons. The van der Waals surface area contributed by atoms with E-state index in [0.29, 0.717) is 25.9 Å². The van der Waals surface area contributed by atoms with E-state index in [9.17, 15) is 28.4 Å². The van der Waals surface area contributed by atoms with E-state index in [-0.39, 0.29) is 35.6 Å². The second-order valence-corrected chi connectivity index (χ2v) is 12.0. The molecule has 5 amide bonds. The average Bonchev–Trinajstić information content (AvgIpc) is 3.24. The smallest absolute Gasteiger partial charge is 0.291 e. The molecule has 4 atom stereocenters. The molecule has 3 aliphatic rings. The Hall–Kier alpha value is -2.43. The molecular weight excluding hydrogens is 493 g/mol. The van der Waals surface area contributed by atoms with Crippen LogP contribution in [0.25, 0.3) is 0 Å². The summed E-state index contributed by atoms with van der Waals surface area (Å²) in [6, 6.07) is -1.78. The Labute approximate surface area is 216 Å². The van der Waals surface area contributed by atoms with Crippen molar-refractivity contribution in [2.45, 2.75) is 78.0 Å². The third-order valence-corrected chi connectivity index (χ3v) is 7.43. The number of likely N-dealkylation sites (tertiary alicyclic amines) is 1. The number of rotatable bonds is 7. The van der Waals surface area contributed by atoms with Crippen molar-refractivity contribution in [2.75, 3.05) is 19.6 Å². The normalized spacial score (nSPS) is 24.3. The third kappa shape index (κ3) is 6.27. The summed E-state index contributed by atoms with van der Waals surface area (Å²) >= 11 is 5.37. The number of hydrazine groups is 1. The first-order chi connectivity index (χ1) is 16.6. The quantitative estimate of drug-likeness (QED) is 0.336. The summed E-state index contributed by atoms with van der Waals surface area (Å²) < 4.78 is 13.7. The van der Waals surface area contributed by atoms with E-state index in [0.717, 1.165) is 17.9 Å². The van der Waals surface area contributed by atoms with Crippen LogP contribution in [0.2, 0.25) is 0 Å². The lowest BCUT2D eigenvalue weighted by Crippen LogP contribution is -2.60. The summed E-state index contributed by atoms with van der Waals surface area (Å²) in [4.78, 5) is 65.5. The van der Waals surface area contributed by atoms with Crippen LogP contribution in [0.1, 0.15) is 60.3 Å². The Kier molecular flexibility index (Phi) is 8.22. The maximum Gasteiger partial charge on any atom is 0.291 e. The molecule has 0 bridgehead atoms. The number of carbonyl (C=O) groups is 5. The fourth-order valence-electron chi connectivity index (χ4n) is 4.74. The Balaban J connectivity index is 1.81. The number of carbonyl (C=O) groups excluding carboxylic acids is 5. The van der Waals surface area contributed by atoms with Crippen LogP contribution in [0.5, 0.6) is 0 Å². The number of hydrogen-bond acceptors (Lipinski definition) is 5. The van der Waals surface area contributed by atoms with Gasteiger partial charge >= 0.3 is 0 Å². The lowest BCUT2D eigenvalue weighted by atomic mass is 9.85. The van der Waals surface area contributed by atoms with Crippen LogP contribution < -0.4 is 16.1 Å². The summed E-state index contributed by atoms with van der Waals surface area (Å²) in [6.45, 7) is 9.52. The second kappa shape index (κ2) is 10.5. The Morgan fingerprint density at radius 2 is 1.89 bits per heavy atom. The van der Waals surface area contributed by atoms with Crippen molar-refractivity contribution in [2.24, 2.45) is 22.7 Å². The van der Waals surface area contributed by atoms with E-state index in [1.54, 1.807) is 13.8 Å². The first-order valence-corrected chi connectivity index (χ1v) is 12.9. The van der Waals surface area contributed by atoms with E-state index in [1.165, 1.54) is 4.90 Å².